The Hall–Kier alpha value is -1.04. The molecule has 0 aliphatic rings. The summed E-state index contributed by atoms with van der Waals surface area (Å²) in [5.41, 5.74) is 0. The van der Waals surface area contributed by atoms with Crippen LogP contribution in [0.15, 0.2) is 0 Å². The Morgan fingerprint density at radius 3 is 2.70 bits per heavy atom. The van der Waals surface area contributed by atoms with Crippen molar-refractivity contribution in [3.05, 3.63) is 11.4 Å². The Morgan fingerprint density at radius 2 is 2.30 bits per heavy atom. The molecule has 0 aromatic heterocycles. The smallest absolute Gasteiger partial charge is 0.308 e. The summed E-state index contributed by atoms with van der Waals surface area (Å²) in [5.74, 6) is -0.325. The van der Waals surface area contributed by atoms with Gasteiger partial charge >= 0.3 is 5.97 Å². The molecule has 56 valence electrons. The Morgan fingerprint density at radius 1 is 1.70 bits per heavy atom. The molecule has 0 aliphatic heterocycles. The zero-order chi connectivity index (χ0) is 7.98. The van der Waals surface area contributed by atoms with Crippen LogP contribution in [0.25, 0.3) is 4.85 Å². The molecule has 10 heavy (non-hydrogen) atoms. The minimum absolute atomic E-state index is 0.0919. The summed E-state index contributed by atoms with van der Waals surface area (Å²) in [6.07, 6.45) is 0. The quantitative estimate of drug-likeness (QED) is 0.335. The van der Waals surface area contributed by atoms with E-state index in [1.165, 1.54) is 0 Å². The molecular weight excluding hydrogens is 130 g/mol. The Labute approximate surface area is 60.8 Å². The van der Waals surface area contributed by atoms with Gasteiger partial charge in [-0.3, -0.25) is 4.79 Å². The molecule has 0 spiro atoms. The highest BCUT2D eigenvalue weighted by Crippen LogP contribution is 1.94. The van der Waals surface area contributed by atoms with Crippen LogP contribution in [0.1, 0.15) is 13.8 Å². The average molecular weight is 141 g/mol. The lowest BCUT2D eigenvalue weighted by atomic mass is 10.2. The van der Waals surface area contributed by atoms with Gasteiger partial charge in [-0.05, 0) is 0 Å². The summed E-state index contributed by atoms with van der Waals surface area (Å²) < 4.78 is 4.69. The number of carbonyl (C=O) groups is 1. The SMILES string of the molecule is [C-]#[N+]CCOC(=O)C(C)C. The van der Waals surface area contributed by atoms with E-state index >= 15 is 0 Å². The third kappa shape index (κ3) is 3.90. The van der Waals surface area contributed by atoms with E-state index in [1.54, 1.807) is 13.8 Å². The Bertz CT molecular complexity index is 146. The molecule has 0 aliphatic carbocycles. The second-order valence-electron chi connectivity index (χ2n) is 2.20. The van der Waals surface area contributed by atoms with Crippen molar-refractivity contribution < 1.29 is 9.53 Å². The number of nitrogens with zero attached hydrogens (tertiary/aromatic N) is 1. The average Bonchev–Trinajstić information content (AvgIpc) is 1.88. The van der Waals surface area contributed by atoms with Crippen molar-refractivity contribution in [1.29, 1.82) is 0 Å². The van der Waals surface area contributed by atoms with Crippen molar-refractivity contribution >= 4 is 5.97 Å². The second kappa shape index (κ2) is 4.80. The van der Waals surface area contributed by atoms with Crippen molar-refractivity contribution in [2.45, 2.75) is 13.8 Å². The molecule has 0 unspecified atom stereocenters. The van der Waals surface area contributed by atoms with Crippen LogP contribution in [0.2, 0.25) is 0 Å². The van der Waals surface area contributed by atoms with Gasteiger partial charge in [-0.15, -0.1) is 0 Å². The van der Waals surface area contributed by atoms with Crippen LogP contribution < -0.4 is 0 Å². The fourth-order valence-electron chi connectivity index (χ4n) is 0.359. The maximum Gasteiger partial charge on any atom is 0.308 e. The van der Waals surface area contributed by atoms with Crippen LogP contribution in [0.4, 0.5) is 0 Å². The number of hydrogen-bond acceptors (Lipinski definition) is 2. The van der Waals surface area contributed by atoms with Crippen LogP contribution in [-0.4, -0.2) is 19.1 Å². The first-order chi connectivity index (χ1) is 4.68. The van der Waals surface area contributed by atoms with Gasteiger partial charge in [0.1, 0.15) is 0 Å². The van der Waals surface area contributed by atoms with Gasteiger partial charge in [0, 0.05) is 0 Å². The van der Waals surface area contributed by atoms with E-state index in [0.29, 0.717) is 0 Å². The second-order valence-corrected chi connectivity index (χ2v) is 2.20. The number of ether oxygens (including phenoxy) is 1. The van der Waals surface area contributed by atoms with Crippen LogP contribution in [0.3, 0.4) is 0 Å². The van der Waals surface area contributed by atoms with Crippen LogP contribution in [-0.2, 0) is 9.53 Å². The largest absolute Gasteiger partial charge is 0.458 e. The van der Waals surface area contributed by atoms with Crippen molar-refractivity contribution in [3.63, 3.8) is 0 Å². The van der Waals surface area contributed by atoms with Crippen molar-refractivity contribution in [3.8, 4) is 0 Å². The van der Waals surface area contributed by atoms with Crippen molar-refractivity contribution in [1.82, 2.24) is 0 Å². The third-order valence-corrected chi connectivity index (χ3v) is 0.919. The van der Waals surface area contributed by atoms with E-state index < -0.39 is 0 Å². The topological polar surface area (TPSA) is 30.7 Å². The Kier molecular flexibility index (Phi) is 4.30. The summed E-state index contributed by atoms with van der Waals surface area (Å²) in [6, 6.07) is 0. The lowest BCUT2D eigenvalue weighted by Gasteiger charge is -2.02. The molecule has 0 amide bonds. The maximum atomic E-state index is 10.7. The number of carbonyl (C=O) groups excluding carboxylic acids is 1. The minimum Gasteiger partial charge on any atom is -0.458 e. The Balaban J connectivity index is 3.33. The molecule has 3 nitrogen and oxygen atoms in total. The maximum absolute atomic E-state index is 10.7. The van der Waals surface area contributed by atoms with Gasteiger partial charge in [0.05, 0.1) is 5.92 Å². The normalized spacial score (nSPS) is 9.00. The first kappa shape index (κ1) is 8.96. The predicted octanol–water partition coefficient (Wildman–Crippen LogP) is 1.10. The lowest BCUT2D eigenvalue weighted by Crippen LogP contribution is -2.13. The molecule has 0 bridgehead atoms. The summed E-state index contributed by atoms with van der Waals surface area (Å²) in [7, 11) is 0. The highest BCUT2D eigenvalue weighted by molar-refractivity contribution is 5.71. The molecule has 0 aromatic rings. The van der Waals surface area contributed by atoms with E-state index in [2.05, 4.69) is 4.85 Å². The zero-order valence-corrected chi connectivity index (χ0v) is 6.26. The molecule has 0 saturated heterocycles. The van der Waals surface area contributed by atoms with Gasteiger partial charge < -0.3 is 9.58 Å². The van der Waals surface area contributed by atoms with E-state index in [1.807, 2.05) is 0 Å². The van der Waals surface area contributed by atoms with Gasteiger partial charge in [0.2, 0.25) is 6.54 Å². The summed E-state index contributed by atoms with van der Waals surface area (Å²) in [5, 5.41) is 0. The molecule has 0 fully saturated rings. The summed E-state index contributed by atoms with van der Waals surface area (Å²) >= 11 is 0. The fourth-order valence-corrected chi connectivity index (χ4v) is 0.359. The van der Waals surface area contributed by atoms with Crippen molar-refractivity contribution in [2.75, 3.05) is 13.2 Å². The standard InChI is InChI=1S/C7H11NO2/c1-6(2)7(9)10-5-4-8-3/h6H,4-5H2,1-2H3. The fraction of sp³-hybridized carbons (Fsp3) is 0.714. The zero-order valence-electron chi connectivity index (χ0n) is 6.26. The van der Waals surface area contributed by atoms with Crippen LogP contribution in [0.5, 0.6) is 0 Å². The molecule has 3 heteroatoms. The predicted molar refractivity (Wildman–Crippen MR) is 37.3 cm³/mol. The molecule has 0 rings (SSSR count). The van der Waals surface area contributed by atoms with Gasteiger partial charge in [0.15, 0.2) is 6.61 Å². The summed E-state index contributed by atoms with van der Waals surface area (Å²) in [6.45, 7) is 10.4. The van der Waals surface area contributed by atoms with Crippen LogP contribution >= 0.6 is 0 Å². The first-order valence-electron chi connectivity index (χ1n) is 3.18. The van der Waals surface area contributed by atoms with E-state index in [-0.39, 0.29) is 25.0 Å². The van der Waals surface area contributed by atoms with Gasteiger partial charge in [-0.25, -0.2) is 6.57 Å². The molecule has 0 heterocycles. The first-order valence-corrected chi connectivity index (χ1v) is 3.18. The van der Waals surface area contributed by atoms with Crippen molar-refractivity contribution in [2.24, 2.45) is 5.92 Å². The number of rotatable bonds is 3. The molecule has 0 N–H and O–H groups in total. The van der Waals surface area contributed by atoms with Gasteiger partial charge in [-0.2, -0.15) is 0 Å². The highest BCUT2D eigenvalue weighted by atomic mass is 16.5. The molecule has 0 aromatic carbocycles. The molecule has 0 saturated carbocycles. The minimum atomic E-state index is -0.233. The number of hydrogen-bond donors (Lipinski definition) is 0. The third-order valence-electron chi connectivity index (χ3n) is 0.919. The lowest BCUT2D eigenvalue weighted by molar-refractivity contribution is -0.146. The van der Waals surface area contributed by atoms with E-state index in [0.717, 1.165) is 0 Å². The monoisotopic (exact) mass is 141 g/mol. The van der Waals surface area contributed by atoms with E-state index in [4.69, 9.17) is 11.3 Å². The highest BCUT2D eigenvalue weighted by Gasteiger charge is 2.07. The van der Waals surface area contributed by atoms with E-state index in [9.17, 15) is 4.79 Å². The van der Waals surface area contributed by atoms with Gasteiger partial charge in [0.25, 0.3) is 0 Å². The molecule has 0 atom stereocenters. The summed E-state index contributed by atoms with van der Waals surface area (Å²) in [4.78, 5) is 13.7. The number of esters is 1. The molecule has 0 radical (unpaired) electrons. The molecular formula is C7H11NO2. The van der Waals surface area contributed by atoms with Crippen LogP contribution in [0, 0.1) is 12.5 Å². The van der Waals surface area contributed by atoms with Gasteiger partial charge in [-0.1, -0.05) is 13.8 Å².